The zero-order valence-electron chi connectivity index (χ0n) is 20.6. The van der Waals surface area contributed by atoms with Crippen LogP contribution in [0.4, 0.5) is 13.2 Å². The molecule has 0 spiro atoms. The van der Waals surface area contributed by atoms with Crippen molar-refractivity contribution in [3.63, 3.8) is 0 Å². The second-order valence-corrected chi connectivity index (χ2v) is 9.25. The van der Waals surface area contributed by atoms with Crippen molar-refractivity contribution in [2.45, 2.75) is 39.0 Å². The van der Waals surface area contributed by atoms with Crippen LogP contribution in [-0.4, -0.2) is 62.5 Å². The van der Waals surface area contributed by atoms with Gasteiger partial charge in [0.1, 0.15) is 18.2 Å². The summed E-state index contributed by atoms with van der Waals surface area (Å²) < 4.78 is 56.9. The third-order valence-electron chi connectivity index (χ3n) is 6.77. The summed E-state index contributed by atoms with van der Waals surface area (Å²) in [6.07, 6.45) is -0.172. The molecule has 1 saturated heterocycles. The van der Waals surface area contributed by atoms with Crippen LogP contribution in [0.15, 0.2) is 36.4 Å². The Morgan fingerprint density at radius 2 is 1.72 bits per heavy atom. The minimum atomic E-state index is -1.16. The Kier molecular flexibility index (Phi) is 8.87. The lowest BCUT2D eigenvalue weighted by Gasteiger charge is -2.20. The van der Waals surface area contributed by atoms with Crippen molar-refractivity contribution in [2.24, 2.45) is 11.8 Å². The van der Waals surface area contributed by atoms with Gasteiger partial charge < -0.3 is 19.5 Å². The number of ether oxygens (including phenoxy) is 3. The Bertz CT molecular complexity index is 1020. The molecule has 0 aromatic heterocycles. The van der Waals surface area contributed by atoms with E-state index < -0.39 is 23.6 Å². The standard InChI is InChI=1S/C27H33F3N2O4/c1-3-34-25(27(33)35-4-2)11-17-5-7-19(8-6-17)36-10-9-31-26-20-15-32(16-21(20)26)14-18-12-23(29)24(30)13-22(18)28/h5-8,12-13,20-21,25-26,31H,3-4,9-11,14-16H2,1-2H3/t20-,21?,25-,26+/m0/s1. The van der Waals surface area contributed by atoms with Crippen LogP contribution >= 0.6 is 0 Å². The molecule has 9 heteroatoms. The molecule has 2 aliphatic rings. The van der Waals surface area contributed by atoms with Crippen molar-refractivity contribution in [2.75, 3.05) is 39.5 Å². The fraction of sp³-hybridized carbons (Fsp3) is 0.519. The van der Waals surface area contributed by atoms with Gasteiger partial charge in [-0.3, -0.25) is 4.90 Å². The Balaban J connectivity index is 1.14. The molecule has 4 rings (SSSR count). The minimum Gasteiger partial charge on any atom is -0.492 e. The normalized spacial score (nSPS) is 21.8. The number of nitrogens with one attached hydrogen (secondary N) is 1. The molecule has 2 fully saturated rings. The molecule has 1 aliphatic heterocycles. The first-order valence-electron chi connectivity index (χ1n) is 12.5. The van der Waals surface area contributed by atoms with E-state index in [4.69, 9.17) is 14.2 Å². The molecule has 6 nitrogen and oxygen atoms in total. The van der Waals surface area contributed by atoms with Gasteiger partial charge in [-0.25, -0.2) is 18.0 Å². The van der Waals surface area contributed by atoms with Gasteiger partial charge in [-0.1, -0.05) is 12.1 Å². The quantitative estimate of drug-likeness (QED) is 0.254. The Labute approximate surface area is 209 Å². The average molecular weight is 507 g/mol. The topological polar surface area (TPSA) is 60.0 Å². The molecule has 1 aliphatic carbocycles. The van der Waals surface area contributed by atoms with E-state index >= 15 is 0 Å². The summed E-state index contributed by atoms with van der Waals surface area (Å²) in [5.41, 5.74) is 1.15. The van der Waals surface area contributed by atoms with Gasteiger partial charge in [0, 0.05) is 56.9 Å². The monoisotopic (exact) mass is 506 g/mol. The lowest BCUT2D eigenvalue weighted by Crippen LogP contribution is -2.33. The molecule has 1 N–H and O–H groups in total. The maximum absolute atomic E-state index is 13.9. The lowest BCUT2D eigenvalue weighted by atomic mass is 10.1. The Hall–Kier alpha value is -2.62. The number of nitrogens with zero attached hydrogens (tertiary/aromatic N) is 1. The Morgan fingerprint density at radius 1 is 1.03 bits per heavy atom. The summed E-state index contributed by atoms with van der Waals surface area (Å²) in [4.78, 5) is 14.1. The van der Waals surface area contributed by atoms with Gasteiger partial charge in [-0.15, -0.1) is 0 Å². The SMILES string of the molecule is CCOC(=O)[C@H](Cc1ccc(OCCN[C@H]2C3CN(Cc4cc(F)c(F)cc4F)C[C@@H]32)cc1)OCC. The van der Waals surface area contributed by atoms with Crippen LogP contribution in [0.3, 0.4) is 0 Å². The first kappa shape index (κ1) is 26.4. The highest BCUT2D eigenvalue weighted by Gasteiger charge is 2.55. The largest absolute Gasteiger partial charge is 0.492 e. The summed E-state index contributed by atoms with van der Waals surface area (Å²) in [6, 6.07) is 9.56. The van der Waals surface area contributed by atoms with E-state index in [0.717, 1.165) is 30.5 Å². The van der Waals surface area contributed by atoms with E-state index in [1.165, 1.54) is 0 Å². The molecule has 1 saturated carbocycles. The number of hydrogen-bond donors (Lipinski definition) is 1. The molecule has 1 unspecified atom stereocenters. The van der Waals surface area contributed by atoms with E-state index in [0.29, 0.717) is 56.7 Å². The molecule has 4 atom stereocenters. The number of rotatable bonds is 13. The van der Waals surface area contributed by atoms with Crippen molar-refractivity contribution < 1.29 is 32.2 Å². The van der Waals surface area contributed by atoms with Crippen molar-refractivity contribution in [3.8, 4) is 5.75 Å². The van der Waals surface area contributed by atoms with E-state index in [1.54, 1.807) is 6.92 Å². The van der Waals surface area contributed by atoms with E-state index in [-0.39, 0.29) is 18.1 Å². The van der Waals surface area contributed by atoms with Crippen LogP contribution < -0.4 is 10.1 Å². The predicted octanol–water partition coefficient (Wildman–Crippen LogP) is 3.71. The highest BCUT2D eigenvalue weighted by atomic mass is 19.2. The predicted molar refractivity (Wildman–Crippen MR) is 128 cm³/mol. The van der Waals surface area contributed by atoms with E-state index in [1.807, 2.05) is 31.2 Å². The van der Waals surface area contributed by atoms with Gasteiger partial charge in [0.05, 0.1) is 6.61 Å². The number of carbonyl (C=O) groups excluding carboxylic acids is 1. The van der Waals surface area contributed by atoms with Crippen molar-refractivity contribution in [1.29, 1.82) is 0 Å². The molecule has 2 aromatic rings. The van der Waals surface area contributed by atoms with Gasteiger partial charge in [0.15, 0.2) is 17.7 Å². The summed E-state index contributed by atoms with van der Waals surface area (Å²) in [5, 5.41) is 3.51. The summed E-state index contributed by atoms with van der Waals surface area (Å²) >= 11 is 0. The van der Waals surface area contributed by atoms with Crippen molar-refractivity contribution in [3.05, 3.63) is 65.0 Å². The van der Waals surface area contributed by atoms with Crippen molar-refractivity contribution in [1.82, 2.24) is 10.2 Å². The van der Waals surface area contributed by atoms with Crippen LogP contribution in [0.1, 0.15) is 25.0 Å². The molecule has 0 radical (unpaired) electrons. The zero-order valence-corrected chi connectivity index (χ0v) is 20.6. The fourth-order valence-corrected chi connectivity index (χ4v) is 4.95. The molecule has 2 aromatic carbocycles. The number of carbonyl (C=O) groups is 1. The summed E-state index contributed by atoms with van der Waals surface area (Å²) in [5.74, 6) is -1.52. The minimum absolute atomic E-state index is 0.188. The number of esters is 1. The number of benzene rings is 2. The van der Waals surface area contributed by atoms with Gasteiger partial charge in [0.25, 0.3) is 0 Å². The molecule has 1 heterocycles. The Morgan fingerprint density at radius 3 is 2.39 bits per heavy atom. The number of hydrogen-bond acceptors (Lipinski definition) is 6. The number of halogens is 3. The van der Waals surface area contributed by atoms with Crippen LogP contribution in [0.25, 0.3) is 0 Å². The van der Waals surface area contributed by atoms with Crippen molar-refractivity contribution >= 4 is 5.97 Å². The maximum Gasteiger partial charge on any atom is 0.335 e. The second-order valence-electron chi connectivity index (χ2n) is 9.25. The van der Waals surface area contributed by atoms with Crippen LogP contribution in [-0.2, 0) is 27.2 Å². The van der Waals surface area contributed by atoms with Gasteiger partial charge >= 0.3 is 5.97 Å². The molecule has 0 amide bonds. The molecule has 196 valence electrons. The van der Waals surface area contributed by atoms with E-state index in [9.17, 15) is 18.0 Å². The number of likely N-dealkylation sites (tertiary alicyclic amines) is 1. The highest BCUT2D eigenvalue weighted by molar-refractivity contribution is 5.75. The molecule has 0 bridgehead atoms. The number of piperidine rings is 1. The third kappa shape index (κ3) is 6.57. The first-order valence-corrected chi connectivity index (χ1v) is 12.5. The lowest BCUT2D eigenvalue weighted by molar-refractivity contribution is -0.156. The average Bonchev–Trinajstić information content (AvgIpc) is 3.30. The molecular weight excluding hydrogens is 473 g/mol. The zero-order chi connectivity index (χ0) is 25.7. The van der Waals surface area contributed by atoms with E-state index in [2.05, 4.69) is 10.2 Å². The van der Waals surface area contributed by atoms with Crippen LogP contribution in [0.2, 0.25) is 0 Å². The highest BCUT2D eigenvalue weighted by Crippen LogP contribution is 2.45. The van der Waals surface area contributed by atoms with Crippen LogP contribution in [0.5, 0.6) is 5.75 Å². The molecule has 36 heavy (non-hydrogen) atoms. The molecular formula is C27H33F3N2O4. The van der Waals surface area contributed by atoms with Gasteiger partial charge in [-0.05, 0) is 49.4 Å². The van der Waals surface area contributed by atoms with Gasteiger partial charge in [-0.2, -0.15) is 0 Å². The van der Waals surface area contributed by atoms with Crippen LogP contribution in [0, 0.1) is 29.3 Å². The second kappa shape index (κ2) is 12.1. The maximum atomic E-state index is 13.9. The number of fused-ring (bicyclic) bond motifs is 1. The first-order chi connectivity index (χ1) is 17.4. The summed E-state index contributed by atoms with van der Waals surface area (Å²) in [7, 11) is 0. The fourth-order valence-electron chi connectivity index (χ4n) is 4.95. The van der Waals surface area contributed by atoms with Gasteiger partial charge in [0.2, 0.25) is 0 Å². The third-order valence-corrected chi connectivity index (χ3v) is 6.77. The summed E-state index contributed by atoms with van der Waals surface area (Å²) in [6.45, 7) is 7.48. The smallest absolute Gasteiger partial charge is 0.335 e.